The third kappa shape index (κ3) is 16.7. The number of unbranched alkanes of at least 4 members (excludes halogenated alkanes) is 5. The Morgan fingerprint density at radius 2 is 0.821 bits per heavy atom. The highest BCUT2D eigenvalue weighted by molar-refractivity contribution is 6.02. The van der Waals surface area contributed by atoms with Crippen LogP contribution < -0.4 is 10.6 Å². The summed E-state index contributed by atoms with van der Waals surface area (Å²) in [6.07, 6.45) is 7.32. The molecular formula is C18H28N2O8. The molecule has 0 aromatic rings. The molecule has 0 radical (unpaired) electrons. The zero-order chi connectivity index (χ0) is 21.4. The van der Waals surface area contributed by atoms with Gasteiger partial charge in [0.05, 0.1) is 0 Å². The van der Waals surface area contributed by atoms with Crippen LogP contribution >= 0.6 is 0 Å². The largest absolute Gasteiger partial charge is 0.481 e. The summed E-state index contributed by atoms with van der Waals surface area (Å²) in [5, 5.41) is 21.0. The standard InChI is InChI=1S/C10H18O4.2C4H5NO2/c11-9(12)7-5-3-1-2-4-6-8-10(13)14;2*6-3-1-2-4(7)5-3/h1-8H2,(H,11,12)(H,13,14);2*1-2H2,(H,5,6,7). The second-order valence-electron chi connectivity index (χ2n) is 6.35. The van der Waals surface area contributed by atoms with Crippen LogP contribution in [0.1, 0.15) is 77.0 Å². The molecule has 28 heavy (non-hydrogen) atoms. The number of carboxylic acid groups (broad SMARTS) is 2. The Kier molecular flexibility index (Phi) is 13.8. The predicted octanol–water partition coefficient (Wildman–Crippen LogP) is 1.12. The van der Waals surface area contributed by atoms with Gasteiger partial charge in [-0.2, -0.15) is 0 Å². The number of hydrogen-bond acceptors (Lipinski definition) is 6. The summed E-state index contributed by atoms with van der Waals surface area (Å²) in [5.41, 5.74) is 0. The molecule has 0 spiro atoms. The van der Waals surface area contributed by atoms with Crippen LogP contribution in [0.5, 0.6) is 0 Å². The normalized spacial score (nSPS) is 15.0. The molecule has 10 heteroatoms. The lowest BCUT2D eigenvalue weighted by Gasteiger charge is -1.98. The van der Waals surface area contributed by atoms with Crippen molar-refractivity contribution in [2.75, 3.05) is 0 Å². The fourth-order valence-electron chi connectivity index (χ4n) is 2.27. The van der Waals surface area contributed by atoms with Crippen LogP contribution in [0.2, 0.25) is 0 Å². The van der Waals surface area contributed by atoms with E-state index in [2.05, 4.69) is 10.6 Å². The van der Waals surface area contributed by atoms with Gasteiger partial charge < -0.3 is 10.2 Å². The first-order chi connectivity index (χ1) is 13.2. The molecule has 2 aliphatic heterocycles. The minimum absolute atomic E-state index is 0.148. The van der Waals surface area contributed by atoms with E-state index in [9.17, 15) is 28.8 Å². The van der Waals surface area contributed by atoms with E-state index >= 15 is 0 Å². The van der Waals surface area contributed by atoms with Gasteiger partial charge in [0, 0.05) is 38.5 Å². The summed E-state index contributed by atoms with van der Waals surface area (Å²) in [7, 11) is 0. The summed E-state index contributed by atoms with van der Waals surface area (Å²) in [6.45, 7) is 0. The van der Waals surface area contributed by atoms with Gasteiger partial charge in [0.1, 0.15) is 0 Å². The molecule has 4 N–H and O–H groups in total. The van der Waals surface area contributed by atoms with Gasteiger partial charge in [-0.05, 0) is 12.8 Å². The van der Waals surface area contributed by atoms with Crippen molar-refractivity contribution in [1.29, 1.82) is 0 Å². The van der Waals surface area contributed by atoms with Gasteiger partial charge >= 0.3 is 11.9 Å². The van der Waals surface area contributed by atoms with Gasteiger partial charge in [-0.25, -0.2) is 0 Å². The summed E-state index contributed by atoms with van der Waals surface area (Å²) < 4.78 is 0. The Balaban J connectivity index is 0.000000431. The first-order valence-corrected chi connectivity index (χ1v) is 9.29. The lowest BCUT2D eigenvalue weighted by Crippen LogP contribution is -2.18. The maximum Gasteiger partial charge on any atom is 0.303 e. The first-order valence-electron chi connectivity index (χ1n) is 9.29. The van der Waals surface area contributed by atoms with Crippen molar-refractivity contribution in [2.24, 2.45) is 0 Å². The molecule has 2 aliphatic rings. The Morgan fingerprint density at radius 3 is 1.00 bits per heavy atom. The van der Waals surface area contributed by atoms with Crippen molar-refractivity contribution in [3.05, 3.63) is 0 Å². The Labute approximate surface area is 163 Å². The van der Waals surface area contributed by atoms with Crippen molar-refractivity contribution >= 4 is 35.6 Å². The lowest BCUT2D eigenvalue weighted by atomic mass is 10.1. The van der Waals surface area contributed by atoms with E-state index in [4.69, 9.17) is 10.2 Å². The van der Waals surface area contributed by atoms with Gasteiger partial charge in [0.25, 0.3) is 0 Å². The van der Waals surface area contributed by atoms with Gasteiger partial charge in [-0.1, -0.05) is 25.7 Å². The van der Waals surface area contributed by atoms with E-state index in [1.165, 1.54) is 0 Å². The second-order valence-corrected chi connectivity index (χ2v) is 6.35. The molecule has 0 aromatic carbocycles. The smallest absolute Gasteiger partial charge is 0.303 e. The molecular weight excluding hydrogens is 372 g/mol. The van der Waals surface area contributed by atoms with Crippen LogP contribution in [0.4, 0.5) is 0 Å². The molecule has 2 fully saturated rings. The number of carbonyl (C=O) groups excluding carboxylic acids is 4. The van der Waals surface area contributed by atoms with Crippen molar-refractivity contribution in [3.8, 4) is 0 Å². The average molecular weight is 400 g/mol. The second kappa shape index (κ2) is 15.3. The molecule has 0 aromatic heterocycles. The van der Waals surface area contributed by atoms with Gasteiger partial charge in [-0.15, -0.1) is 0 Å². The number of nitrogens with one attached hydrogen (secondary N) is 2. The van der Waals surface area contributed by atoms with Crippen molar-refractivity contribution in [2.45, 2.75) is 77.0 Å². The summed E-state index contributed by atoms with van der Waals surface area (Å²) in [6, 6.07) is 0. The average Bonchev–Trinajstić information content (AvgIpc) is 3.17. The molecule has 0 saturated carbocycles. The van der Waals surface area contributed by atoms with E-state index in [0.717, 1.165) is 38.5 Å². The highest BCUT2D eigenvalue weighted by Gasteiger charge is 2.16. The number of rotatable bonds is 9. The van der Waals surface area contributed by atoms with Gasteiger partial charge in [0.2, 0.25) is 23.6 Å². The summed E-state index contributed by atoms with van der Waals surface area (Å²) in [4.78, 5) is 60.8. The number of hydrogen-bond donors (Lipinski definition) is 4. The minimum Gasteiger partial charge on any atom is -0.481 e. The zero-order valence-electron chi connectivity index (χ0n) is 15.8. The van der Waals surface area contributed by atoms with Crippen LogP contribution in [0.25, 0.3) is 0 Å². The van der Waals surface area contributed by atoms with E-state index in [1.54, 1.807) is 0 Å². The van der Waals surface area contributed by atoms with E-state index in [-0.39, 0.29) is 36.5 Å². The van der Waals surface area contributed by atoms with Gasteiger partial charge in [0.15, 0.2) is 0 Å². The monoisotopic (exact) mass is 400 g/mol. The summed E-state index contributed by atoms with van der Waals surface area (Å²) in [5.74, 6) is -2.07. The van der Waals surface area contributed by atoms with Crippen LogP contribution in [-0.4, -0.2) is 45.8 Å². The number of carboxylic acids is 2. The molecule has 2 heterocycles. The molecule has 2 saturated heterocycles. The van der Waals surface area contributed by atoms with E-state index < -0.39 is 11.9 Å². The fourth-order valence-corrected chi connectivity index (χ4v) is 2.27. The van der Waals surface area contributed by atoms with Crippen LogP contribution in [0, 0.1) is 0 Å². The van der Waals surface area contributed by atoms with Gasteiger partial charge in [-0.3, -0.25) is 39.4 Å². The highest BCUT2D eigenvalue weighted by atomic mass is 16.4. The molecule has 10 nitrogen and oxygen atoms in total. The molecule has 2 rings (SSSR count). The predicted molar refractivity (Wildman–Crippen MR) is 97.0 cm³/mol. The highest BCUT2D eigenvalue weighted by Crippen LogP contribution is 2.08. The first kappa shape index (κ1) is 25.2. The fraction of sp³-hybridized carbons (Fsp3) is 0.667. The topological polar surface area (TPSA) is 167 Å². The van der Waals surface area contributed by atoms with Crippen LogP contribution in [0.3, 0.4) is 0 Å². The maximum atomic E-state index is 10.1. The SMILES string of the molecule is O=C(O)CCCCCCCCC(=O)O.O=C1CCC(=O)N1.O=C1CCC(=O)N1. The van der Waals surface area contributed by atoms with Crippen molar-refractivity contribution < 1.29 is 39.0 Å². The third-order valence-corrected chi connectivity index (χ3v) is 3.75. The zero-order valence-corrected chi connectivity index (χ0v) is 15.8. The Hall–Kier alpha value is -2.78. The molecule has 0 aliphatic carbocycles. The van der Waals surface area contributed by atoms with Crippen molar-refractivity contribution in [3.63, 3.8) is 0 Å². The molecule has 0 atom stereocenters. The van der Waals surface area contributed by atoms with Crippen LogP contribution in [0.15, 0.2) is 0 Å². The lowest BCUT2D eigenvalue weighted by molar-refractivity contribution is -0.138. The van der Waals surface area contributed by atoms with Crippen LogP contribution in [-0.2, 0) is 28.8 Å². The van der Waals surface area contributed by atoms with E-state index in [0.29, 0.717) is 25.7 Å². The number of amides is 4. The Bertz CT molecular complexity index is 496. The van der Waals surface area contributed by atoms with E-state index in [1.807, 2.05) is 0 Å². The summed E-state index contributed by atoms with van der Waals surface area (Å²) >= 11 is 0. The Morgan fingerprint density at radius 1 is 0.571 bits per heavy atom. The quantitative estimate of drug-likeness (QED) is 0.330. The molecule has 4 amide bonds. The number of imide groups is 2. The minimum atomic E-state index is -0.740. The number of carbonyl (C=O) groups is 6. The van der Waals surface area contributed by atoms with Crippen molar-refractivity contribution in [1.82, 2.24) is 10.6 Å². The third-order valence-electron chi connectivity index (χ3n) is 3.75. The molecule has 0 bridgehead atoms. The maximum absolute atomic E-state index is 10.1. The molecule has 158 valence electrons. The molecule has 0 unspecified atom stereocenters. The number of aliphatic carboxylic acids is 2.